The molecule has 1 aromatic heterocycles. The van der Waals surface area contributed by atoms with Crippen LogP contribution in [0.1, 0.15) is 23.2 Å². The van der Waals surface area contributed by atoms with Crippen LogP contribution in [0.5, 0.6) is 5.75 Å². The topological polar surface area (TPSA) is 35.4 Å². The van der Waals surface area contributed by atoms with Crippen LogP contribution in [0.15, 0.2) is 36.5 Å². The quantitative estimate of drug-likeness (QED) is 0.853. The monoisotopic (exact) mass is 314 g/mol. The van der Waals surface area contributed by atoms with Crippen molar-refractivity contribution in [3.8, 4) is 5.75 Å². The Labute approximate surface area is 138 Å². The van der Waals surface area contributed by atoms with Crippen molar-refractivity contribution in [3.05, 3.63) is 53.3 Å². The Morgan fingerprint density at radius 1 is 1.30 bits per heavy atom. The van der Waals surface area contributed by atoms with Gasteiger partial charge in [0.05, 0.1) is 13.2 Å². The number of hydrogen-bond acceptors (Lipinski definition) is 3. The average Bonchev–Trinajstić information content (AvgIpc) is 3.19. The van der Waals surface area contributed by atoms with Crippen LogP contribution >= 0.6 is 0 Å². The molecule has 1 aliphatic rings. The van der Waals surface area contributed by atoms with Gasteiger partial charge in [-0.15, -0.1) is 0 Å². The third-order valence-corrected chi connectivity index (χ3v) is 4.39. The van der Waals surface area contributed by atoms with E-state index in [-0.39, 0.29) is 0 Å². The first-order chi connectivity index (χ1) is 11.2. The van der Waals surface area contributed by atoms with Crippen LogP contribution in [-0.4, -0.2) is 24.4 Å². The van der Waals surface area contributed by atoms with E-state index in [1.807, 2.05) is 0 Å². The van der Waals surface area contributed by atoms with Gasteiger partial charge >= 0.3 is 0 Å². The maximum absolute atomic E-state index is 6.09. The molecule has 1 unspecified atom stereocenters. The molecule has 2 heterocycles. The molecule has 124 valence electrons. The van der Waals surface area contributed by atoms with Crippen molar-refractivity contribution in [2.45, 2.75) is 26.4 Å². The van der Waals surface area contributed by atoms with Crippen LogP contribution in [-0.2, 0) is 24.9 Å². The van der Waals surface area contributed by atoms with Gasteiger partial charge in [0.15, 0.2) is 0 Å². The molecule has 1 N–H and O–H groups in total. The molecule has 23 heavy (non-hydrogen) atoms. The lowest BCUT2D eigenvalue weighted by Crippen LogP contribution is -2.17. The number of nitrogens with zero attached hydrogens (tertiary/aromatic N) is 1. The summed E-state index contributed by atoms with van der Waals surface area (Å²) in [5, 5.41) is 3.51. The number of aryl methyl sites for hydroxylation is 2. The minimum atomic E-state index is 0.527. The summed E-state index contributed by atoms with van der Waals surface area (Å²) in [7, 11) is 2.07. The molecule has 0 saturated carbocycles. The van der Waals surface area contributed by atoms with Gasteiger partial charge in [0.1, 0.15) is 5.75 Å². The Morgan fingerprint density at radius 2 is 2.22 bits per heavy atom. The van der Waals surface area contributed by atoms with Gasteiger partial charge in [0.2, 0.25) is 0 Å². The zero-order valence-electron chi connectivity index (χ0n) is 14.0. The van der Waals surface area contributed by atoms with E-state index in [1.165, 1.54) is 16.8 Å². The highest BCUT2D eigenvalue weighted by atomic mass is 16.5. The highest BCUT2D eigenvalue weighted by molar-refractivity contribution is 5.37. The van der Waals surface area contributed by atoms with E-state index in [9.17, 15) is 0 Å². The molecule has 1 fully saturated rings. The Bertz CT molecular complexity index is 630. The summed E-state index contributed by atoms with van der Waals surface area (Å²) in [4.78, 5) is 0. The molecule has 2 aromatic rings. The molecule has 4 nitrogen and oxygen atoms in total. The molecule has 0 radical (unpaired) electrons. The molecule has 1 aliphatic heterocycles. The fourth-order valence-electron chi connectivity index (χ4n) is 2.87. The zero-order chi connectivity index (χ0) is 16.1. The molecule has 4 heteroatoms. The second kappa shape index (κ2) is 7.66. The van der Waals surface area contributed by atoms with Crippen molar-refractivity contribution in [1.82, 2.24) is 9.88 Å². The normalized spacial score (nSPS) is 17.6. The summed E-state index contributed by atoms with van der Waals surface area (Å²) < 4.78 is 13.6. The van der Waals surface area contributed by atoms with Crippen LogP contribution in [0, 0.1) is 12.8 Å². The Balaban J connectivity index is 1.57. The van der Waals surface area contributed by atoms with E-state index in [0.29, 0.717) is 5.92 Å². The molecular formula is C19H26N2O2. The van der Waals surface area contributed by atoms with E-state index in [1.54, 1.807) is 0 Å². The Hall–Kier alpha value is -1.78. The van der Waals surface area contributed by atoms with Gasteiger partial charge in [-0.25, -0.2) is 0 Å². The summed E-state index contributed by atoms with van der Waals surface area (Å²) in [6.07, 6.45) is 3.17. The van der Waals surface area contributed by atoms with Crippen LogP contribution in [0.4, 0.5) is 0 Å². The fraction of sp³-hybridized carbons (Fsp3) is 0.474. The van der Waals surface area contributed by atoms with Crippen molar-refractivity contribution >= 4 is 0 Å². The summed E-state index contributed by atoms with van der Waals surface area (Å²) in [5.41, 5.74) is 3.72. The molecule has 0 amide bonds. The number of benzene rings is 1. The van der Waals surface area contributed by atoms with Gasteiger partial charge in [-0.05, 0) is 37.1 Å². The smallest absolute Gasteiger partial charge is 0.124 e. The Kier molecular flexibility index (Phi) is 5.36. The van der Waals surface area contributed by atoms with Gasteiger partial charge in [-0.1, -0.05) is 12.1 Å². The molecule has 1 saturated heterocycles. The predicted octanol–water partition coefficient (Wildman–Crippen LogP) is 3.04. The third kappa shape index (κ3) is 4.36. The van der Waals surface area contributed by atoms with Crippen LogP contribution in [0.2, 0.25) is 0 Å². The molecule has 0 aliphatic carbocycles. The summed E-state index contributed by atoms with van der Waals surface area (Å²) >= 11 is 0. The van der Waals surface area contributed by atoms with E-state index >= 15 is 0 Å². The van der Waals surface area contributed by atoms with Gasteiger partial charge in [-0.2, -0.15) is 0 Å². The molecule has 1 aromatic carbocycles. The summed E-state index contributed by atoms with van der Waals surface area (Å²) in [6, 6.07) is 10.6. The first-order valence-electron chi connectivity index (χ1n) is 8.33. The van der Waals surface area contributed by atoms with Crippen LogP contribution in [0.25, 0.3) is 0 Å². The number of aromatic nitrogens is 1. The largest absolute Gasteiger partial charge is 0.493 e. The molecule has 0 spiro atoms. The van der Waals surface area contributed by atoms with Crippen molar-refractivity contribution in [2.24, 2.45) is 13.0 Å². The minimum absolute atomic E-state index is 0.527. The zero-order valence-corrected chi connectivity index (χ0v) is 14.0. The fourth-order valence-corrected chi connectivity index (χ4v) is 2.87. The van der Waals surface area contributed by atoms with Crippen molar-refractivity contribution in [2.75, 3.05) is 19.8 Å². The highest BCUT2D eigenvalue weighted by Crippen LogP contribution is 2.22. The molecule has 0 bridgehead atoms. The van der Waals surface area contributed by atoms with E-state index in [4.69, 9.17) is 9.47 Å². The van der Waals surface area contributed by atoms with E-state index < -0.39 is 0 Å². The maximum Gasteiger partial charge on any atom is 0.124 e. The van der Waals surface area contributed by atoms with Crippen molar-refractivity contribution in [1.29, 1.82) is 0 Å². The van der Waals surface area contributed by atoms with Crippen molar-refractivity contribution in [3.63, 3.8) is 0 Å². The van der Waals surface area contributed by atoms with Gasteiger partial charge in [0, 0.05) is 50.1 Å². The molecular weight excluding hydrogens is 288 g/mol. The van der Waals surface area contributed by atoms with Gasteiger partial charge in [0.25, 0.3) is 0 Å². The number of nitrogens with one attached hydrogen (secondary N) is 1. The number of hydrogen-bond donors (Lipinski definition) is 1. The molecule has 1 atom stereocenters. The van der Waals surface area contributed by atoms with Crippen LogP contribution < -0.4 is 10.1 Å². The van der Waals surface area contributed by atoms with Gasteiger partial charge < -0.3 is 19.4 Å². The second-order valence-electron chi connectivity index (χ2n) is 6.37. The lowest BCUT2D eigenvalue weighted by molar-refractivity contribution is 0.166. The lowest BCUT2D eigenvalue weighted by atomic mass is 10.1. The SMILES string of the molecule is Cc1ccc(CNCc2cccn2C)c(OCC2CCOC2)c1. The average molecular weight is 314 g/mol. The third-order valence-electron chi connectivity index (χ3n) is 4.39. The van der Waals surface area contributed by atoms with Gasteiger partial charge in [-0.3, -0.25) is 0 Å². The lowest BCUT2D eigenvalue weighted by Gasteiger charge is -2.15. The highest BCUT2D eigenvalue weighted by Gasteiger charge is 2.17. The number of ether oxygens (including phenoxy) is 2. The maximum atomic E-state index is 6.09. The summed E-state index contributed by atoms with van der Waals surface area (Å²) in [5.74, 6) is 1.52. The minimum Gasteiger partial charge on any atom is -0.493 e. The predicted molar refractivity (Wildman–Crippen MR) is 91.6 cm³/mol. The van der Waals surface area contributed by atoms with Crippen molar-refractivity contribution < 1.29 is 9.47 Å². The second-order valence-corrected chi connectivity index (χ2v) is 6.37. The van der Waals surface area contributed by atoms with E-state index in [2.05, 4.69) is 60.4 Å². The van der Waals surface area contributed by atoms with Crippen LogP contribution in [0.3, 0.4) is 0 Å². The molecule has 3 rings (SSSR count). The first kappa shape index (κ1) is 16.1. The first-order valence-corrected chi connectivity index (χ1v) is 8.33. The standard InChI is InChI=1S/C19H26N2O2/c1-15-5-6-17(11-20-12-18-4-3-8-21(18)2)19(10-15)23-14-16-7-9-22-13-16/h3-6,8,10,16,20H,7,9,11-14H2,1-2H3. The van der Waals surface area contributed by atoms with E-state index in [0.717, 1.165) is 45.1 Å². The summed E-state index contributed by atoms with van der Waals surface area (Å²) in [6.45, 7) is 6.20. The number of rotatable bonds is 7. The Morgan fingerprint density at radius 3 is 2.96 bits per heavy atom.